The topological polar surface area (TPSA) is 179 Å². The SMILES string of the molecule is CC(C)n1c(O[C@@H]2C[C@H]3C(=O)C[C@]4(C(=O)NS(=O)(=O)C5CC5)C[C@H]4/C=C\CCCCC[C@H](NC(=O)OC(C)(C)C)C(=O)N3C2)nc2c(-c3nc(C4CCCCC4)cs3)cccc21. The Balaban J connectivity index is 1.11. The number of Topliss-reactive ketones (excluding diaryl/α,β-unsaturated/α-hetero) is 1. The van der Waals surface area contributed by atoms with Crippen LogP contribution in [0, 0.1) is 11.3 Å². The van der Waals surface area contributed by atoms with Crippen LogP contribution in [-0.4, -0.2) is 87.1 Å². The van der Waals surface area contributed by atoms with E-state index in [1.807, 2.05) is 34.9 Å². The number of benzene rings is 1. The Bertz CT molecular complexity index is 2320. The van der Waals surface area contributed by atoms with Crippen molar-refractivity contribution in [1.29, 1.82) is 0 Å². The van der Waals surface area contributed by atoms with Crippen LogP contribution >= 0.6 is 11.3 Å². The van der Waals surface area contributed by atoms with E-state index in [2.05, 4.69) is 29.3 Å². The van der Waals surface area contributed by atoms with Crippen molar-refractivity contribution >= 4 is 56.1 Å². The highest BCUT2D eigenvalue weighted by atomic mass is 32.2. The fourth-order valence-electron chi connectivity index (χ4n) is 9.63. The van der Waals surface area contributed by atoms with E-state index < -0.39 is 62.4 Å². The number of rotatable bonds is 9. The first kappa shape index (κ1) is 44.3. The molecule has 2 N–H and O–H groups in total. The van der Waals surface area contributed by atoms with E-state index in [9.17, 15) is 27.6 Å². The Morgan fingerprint density at radius 2 is 1.73 bits per heavy atom. The number of nitrogens with zero attached hydrogens (tertiary/aromatic N) is 4. The van der Waals surface area contributed by atoms with Gasteiger partial charge in [-0.05, 0) is 104 Å². The van der Waals surface area contributed by atoms with Gasteiger partial charge in [-0.1, -0.05) is 50.3 Å². The van der Waals surface area contributed by atoms with Gasteiger partial charge in [-0.25, -0.2) is 18.2 Å². The monoisotopic (exact) mass is 890 g/mol. The van der Waals surface area contributed by atoms with Crippen molar-refractivity contribution in [3.63, 3.8) is 0 Å². The molecule has 8 rings (SSSR count). The van der Waals surface area contributed by atoms with Gasteiger partial charge in [0.15, 0.2) is 5.78 Å². The summed E-state index contributed by atoms with van der Waals surface area (Å²) in [6.07, 6.45) is 13.1. The summed E-state index contributed by atoms with van der Waals surface area (Å²) >= 11 is 1.63. The number of carbonyl (C=O) groups excluding carboxylic acids is 4. The molecule has 5 atom stereocenters. The smallest absolute Gasteiger partial charge is 0.408 e. The highest BCUT2D eigenvalue weighted by Crippen LogP contribution is 2.57. The summed E-state index contributed by atoms with van der Waals surface area (Å²) in [7, 11) is -3.86. The van der Waals surface area contributed by atoms with E-state index in [1.54, 1.807) is 32.1 Å². The quantitative estimate of drug-likeness (QED) is 0.199. The predicted octanol–water partition coefficient (Wildman–Crippen LogP) is 8.12. The number of ketones is 1. The van der Waals surface area contributed by atoms with Crippen LogP contribution in [0.25, 0.3) is 21.6 Å². The van der Waals surface area contributed by atoms with Gasteiger partial charge in [0.25, 0.3) is 6.01 Å². The van der Waals surface area contributed by atoms with E-state index in [0.29, 0.717) is 44.0 Å². The molecule has 336 valence electrons. The average Bonchev–Trinajstić information content (AvgIpc) is 4.03. The third-order valence-electron chi connectivity index (χ3n) is 13.2. The van der Waals surface area contributed by atoms with Gasteiger partial charge in [-0.2, -0.15) is 4.98 Å². The second kappa shape index (κ2) is 17.7. The zero-order valence-corrected chi connectivity index (χ0v) is 38.3. The van der Waals surface area contributed by atoms with Crippen molar-refractivity contribution in [3.05, 3.63) is 41.4 Å². The summed E-state index contributed by atoms with van der Waals surface area (Å²) in [5.74, 6) is -1.31. The number of imidazole rings is 1. The molecule has 3 amide bonds. The van der Waals surface area contributed by atoms with Gasteiger partial charge in [0.1, 0.15) is 28.3 Å². The predicted molar refractivity (Wildman–Crippen MR) is 237 cm³/mol. The summed E-state index contributed by atoms with van der Waals surface area (Å²) in [6, 6.07) is 4.38. The first-order chi connectivity index (χ1) is 29.5. The molecule has 4 fully saturated rings. The highest BCUT2D eigenvalue weighted by Gasteiger charge is 2.61. The number of carbonyl (C=O) groups is 4. The molecule has 0 bridgehead atoms. The standard InChI is InChI=1S/C46H62N6O8S2/c1-28(2)52-36-20-14-18-33(40-47-35(27-61-40)29-15-10-9-11-16-29)39(36)49-43(52)59-31-23-37-38(53)25-46(42(55)50-62(57,58)32-21-22-32)24-30(46)17-12-7-6-8-13-19-34(41(54)51(37)26-31)48-44(56)60-45(3,4)5/h12,14,17-18,20,27-32,34,37H,6-11,13,15-16,19,21-26H2,1-5H3,(H,48,56)(H,50,55)/b17-12-/t30-,31-,34+,37+,46-/m1/s1. The normalized spacial score (nSPS) is 27.2. The third kappa shape index (κ3) is 9.60. The number of ether oxygens (including phenoxy) is 2. The fraction of sp³-hybridized carbons (Fsp3) is 0.652. The number of allylic oxidation sites excluding steroid dienone is 2. The minimum absolute atomic E-state index is 0.0334. The Hall–Kier alpha value is -4.31. The van der Waals surface area contributed by atoms with Gasteiger partial charge >= 0.3 is 6.09 Å². The van der Waals surface area contributed by atoms with E-state index in [-0.39, 0.29) is 37.1 Å². The van der Waals surface area contributed by atoms with Crippen LogP contribution < -0.4 is 14.8 Å². The van der Waals surface area contributed by atoms with Crippen molar-refractivity contribution in [2.75, 3.05) is 6.54 Å². The lowest BCUT2D eigenvalue weighted by Gasteiger charge is -2.30. The molecule has 0 radical (unpaired) electrons. The van der Waals surface area contributed by atoms with E-state index in [4.69, 9.17) is 19.4 Å². The first-order valence-electron chi connectivity index (χ1n) is 22.7. The molecule has 0 spiro atoms. The van der Waals surface area contributed by atoms with Crippen LogP contribution in [0.5, 0.6) is 6.01 Å². The van der Waals surface area contributed by atoms with Crippen molar-refractivity contribution in [1.82, 2.24) is 29.5 Å². The molecular weight excluding hydrogens is 829 g/mol. The van der Waals surface area contributed by atoms with E-state index in [1.165, 1.54) is 24.2 Å². The Morgan fingerprint density at radius 3 is 2.45 bits per heavy atom. The molecule has 62 heavy (non-hydrogen) atoms. The lowest BCUT2D eigenvalue weighted by Crippen LogP contribution is -2.53. The van der Waals surface area contributed by atoms with Crippen LogP contribution in [0.3, 0.4) is 0 Å². The molecule has 14 nitrogen and oxygen atoms in total. The van der Waals surface area contributed by atoms with Gasteiger partial charge in [0, 0.05) is 35.7 Å². The molecule has 4 heterocycles. The van der Waals surface area contributed by atoms with Crippen molar-refractivity contribution in [2.45, 2.75) is 172 Å². The summed E-state index contributed by atoms with van der Waals surface area (Å²) < 4.78 is 42.7. The van der Waals surface area contributed by atoms with Crippen LogP contribution in [-0.2, 0) is 29.1 Å². The van der Waals surface area contributed by atoms with Gasteiger partial charge in [0.05, 0.1) is 34.5 Å². The van der Waals surface area contributed by atoms with Gasteiger partial charge in [0.2, 0.25) is 21.8 Å². The lowest BCUT2D eigenvalue weighted by atomic mass is 9.87. The zero-order chi connectivity index (χ0) is 44.0. The number of amides is 3. The second-order valence-electron chi connectivity index (χ2n) is 19.5. The summed E-state index contributed by atoms with van der Waals surface area (Å²) in [5.41, 5.74) is 1.63. The maximum atomic E-state index is 14.8. The number of para-hydroxylation sites is 1. The van der Waals surface area contributed by atoms with Crippen LogP contribution in [0.15, 0.2) is 35.7 Å². The number of aromatic nitrogens is 3. The lowest BCUT2D eigenvalue weighted by molar-refractivity contribution is -0.140. The number of hydrogen-bond acceptors (Lipinski definition) is 11. The Kier molecular flexibility index (Phi) is 12.6. The molecule has 0 unspecified atom stereocenters. The van der Waals surface area contributed by atoms with Gasteiger partial charge in [-0.15, -0.1) is 11.3 Å². The van der Waals surface area contributed by atoms with Gasteiger partial charge in [-0.3, -0.25) is 23.7 Å². The maximum Gasteiger partial charge on any atom is 0.408 e. The van der Waals surface area contributed by atoms with Crippen molar-refractivity contribution < 1.29 is 37.1 Å². The van der Waals surface area contributed by atoms with Gasteiger partial charge < -0.3 is 19.7 Å². The number of thiazole rings is 1. The molecule has 1 aromatic carbocycles. The minimum atomic E-state index is -3.86. The van der Waals surface area contributed by atoms with Crippen LogP contribution in [0.1, 0.15) is 149 Å². The average molecular weight is 891 g/mol. The van der Waals surface area contributed by atoms with E-state index >= 15 is 0 Å². The number of fused-ring (bicyclic) bond motifs is 3. The Morgan fingerprint density at radius 1 is 0.984 bits per heavy atom. The second-order valence-corrected chi connectivity index (χ2v) is 22.3. The molecule has 3 aromatic rings. The molecule has 1 saturated heterocycles. The number of nitrogens with one attached hydrogen (secondary N) is 2. The first-order valence-corrected chi connectivity index (χ1v) is 25.1. The molecule has 5 aliphatic rings. The van der Waals surface area contributed by atoms with Crippen LogP contribution in [0.2, 0.25) is 0 Å². The highest BCUT2D eigenvalue weighted by molar-refractivity contribution is 7.90. The van der Waals surface area contributed by atoms with E-state index in [0.717, 1.165) is 59.4 Å². The maximum absolute atomic E-state index is 14.8. The molecule has 2 aromatic heterocycles. The third-order valence-corrected chi connectivity index (χ3v) is 15.9. The summed E-state index contributed by atoms with van der Waals surface area (Å²) in [6.45, 7) is 9.40. The molecule has 16 heteroatoms. The molecule has 2 aliphatic heterocycles. The Labute approximate surface area is 369 Å². The largest absolute Gasteiger partial charge is 0.459 e. The summed E-state index contributed by atoms with van der Waals surface area (Å²) in [4.78, 5) is 68.3. The number of sulfonamides is 1. The van der Waals surface area contributed by atoms with Crippen LogP contribution in [0.4, 0.5) is 4.79 Å². The molecular formula is C46H62N6O8S2. The molecule has 3 aliphatic carbocycles. The van der Waals surface area contributed by atoms with Crippen molar-refractivity contribution in [3.8, 4) is 16.6 Å². The van der Waals surface area contributed by atoms with Crippen molar-refractivity contribution in [2.24, 2.45) is 11.3 Å². The summed E-state index contributed by atoms with van der Waals surface area (Å²) in [5, 5.41) is 5.29. The number of alkyl carbamates (subject to hydrolysis) is 1. The number of hydrogen-bond donors (Lipinski definition) is 2. The fourth-order valence-corrected chi connectivity index (χ4v) is 11.9. The zero-order valence-electron chi connectivity index (χ0n) is 36.7. The molecule has 3 saturated carbocycles. The minimum Gasteiger partial charge on any atom is -0.459 e.